The zero-order valence-corrected chi connectivity index (χ0v) is 10.7. The minimum atomic E-state index is -0.224. The Morgan fingerprint density at radius 3 is 2.84 bits per heavy atom. The third-order valence-corrected chi connectivity index (χ3v) is 3.00. The highest BCUT2D eigenvalue weighted by Gasteiger charge is 2.26. The first-order valence-electron chi connectivity index (χ1n) is 5.95. The molecule has 1 aliphatic heterocycles. The Morgan fingerprint density at radius 1 is 1.37 bits per heavy atom. The maximum Gasteiger partial charge on any atom is 0.273 e. The third-order valence-electron chi connectivity index (χ3n) is 3.00. The number of rotatable bonds is 2. The van der Waals surface area contributed by atoms with Crippen molar-refractivity contribution in [2.45, 2.75) is 13.8 Å². The molecule has 19 heavy (non-hydrogen) atoms. The second-order valence-corrected chi connectivity index (χ2v) is 4.49. The number of H-pyrrole nitrogens is 1. The molecule has 0 saturated heterocycles. The molecule has 0 bridgehead atoms. The molecule has 3 rings (SSSR count). The lowest BCUT2D eigenvalue weighted by Gasteiger charge is -1.98. The minimum absolute atomic E-state index is 0.224. The number of hydrogen-bond donors (Lipinski definition) is 2. The number of aromatic nitrogens is 1. The van der Waals surface area contributed by atoms with Crippen molar-refractivity contribution in [1.29, 1.82) is 0 Å². The van der Waals surface area contributed by atoms with Gasteiger partial charge in [0, 0.05) is 11.4 Å². The van der Waals surface area contributed by atoms with Gasteiger partial charge in [0.1, 0.15) is 5.71 Å². The molecule has 0 unspecified atom stereocenters. The van der Waals surface area contributed by atoms with Gasteiger partial charge in [-0.15, -0.1) is 0 Å². The van der Waals surface area contributed by atoms with E-state index in [9.17, 15) is 4.79 Å². The van der Waals surface area contributed by atoms with E-state index < -0.39 is 0 Å². The van der Waals surface area contributed by atoms with E-state index in [2.05, 4.69) is 15.5 Å². The lowest BCUT2D eigenvalue weighted by Crippen LogP contribution is -2.13. The van der Waals surface area contributed by atoms with Gasteiger partial charge in [-0.2, -0.15) is 5.10 Å². The van der Waals surface area contributed by atoms with E-state index in [-0.39, 0.29) is 5.91 Å². The first-order chi connectivity index (χ1) is 9.15. The van der Waals surface area contributed by atoms with Crippen LogP contribution in [-0.4, -0.2) is 16.6 Å². The Bertz CT molecular complexity index is 690. The van der Waals surface area contributed by atoms with Gasteiger partial charge >= 0.3 is 0 Å². The van der Waals surface area contributed by atoms with Crippen LogP contribution in [0.4, 0.5) is 0 Å². The van der Waals surface area contributed by atoms with Crippen molar-refractivity contribution in [3.8, 4) is 0 Å². The van der Waals surface area contributed by atoms with Crippen molar-refractivity contribution >= 4 is 17.7 Å². The molecule has 0 aliphatic carbocycles. The fourth-order valence-electron chi connectivity index (χ4n) is 2.11. The number of hydrazone groups is 1. The van der Waals surface area contributed by atoms with E-state index in [1.165, 1.54) is 0 Å². The highest BCUT2D eigenvalue weighted by Crippen LogP contribution is 2.19. The summed E-state index contributed by atoms with van der Waals surface area (Å²) in [5.41, 5.74) is 6.54. The normalized spacial score (nSPS) is 16.8. The van der Waals surface area contributed by atoms with Gasteiger partial charge in [0.15, 0.2) is 5.76 Å². The predicted octanol–water partition coefficient (Wildman–Crippen LogP) is 2.14. The molecule has 1 aliphatic rings. The van der Waals surface area contributed by atoms with Gasteiger partial charge in [-0.25, -0.2) is 5.43 Å². The van der Waals surface area contributed by atoms with Gasteiger partial charge in [-0.1, -0.05) is 0 Å². The fraction of sp³-hybridized carbons (Fsp3) is 0.143. The highest BCUT2D eigenvalue weighted by molar-refractivity contribution is 6.32. The summed E-state index contributed by atoms with van der Waals surface area (Å²) in [6.45, 7) is 3.97. The number of furan rings is 1. The van der Waals surface area contributed by atoms with Crippen LogP contribution in [0.25, 0.3) is 6.08 Å². The Hall–Kier alpha value is -2.56. The predicted molar refractivity (Wildman–Crippen MR) is 71.6 cm³/mol. The third kappa shape index (κ3) is 1.99. The standard InChI is InChI=1S/C14H13N3O2/c1-8-6-9(2)15-11(8)7-10-13(16-17-14(10)18)12-4-3-5-19-12/h3-7,15H,1-2H3,(H,17,18)/b10-7+. The lowest BCUT2D eigenvalue weighted by molar-refractivity contribution is -0.116. The topological polar surface area (TPSA) is 70.4 Å². The SMILES string of the molecule is Cc1cc(C)c(/C=C2/C(=O)NN=C2c2ccco2)[nH]1. The largest absolute Gasteiger partial charge is 0.463 e. The van der Waals surface area contributed by atoms with Gasteiger partial charge in [0.2, 0.25) is 0 Å². The summed E-state index contributed by atoms with van der Waals surface area (Å²) in [5.74, 6) is 0.351. The molecule has 5 nitrogen and oxygen atoms in total. The van der Waals surface area contributed by atoms with Crippen LogP contribution >= 0.6 is 0 Å². The molecule has 3 heterocycles. The molecule has 0 atom stereocenters. The lowest BCUT2D eigenvalue weighted by atomic mass is 10.1. The van der Waals surface area contributed by atoms with Gasteiger partial charge in [0.05, 0.1) is 11.8 Å². The molecule has 0 spiro atoms. The smallest absolute Gasteiger partial charge is 0.273 e. The van der Waals surface area contributed by atoms with Crippen LogP contribution in [0, 0.1) is 13.8 Å². The fourth-order valence-corrected chi connectivity index (χ4v) is 2.11. The van der Waals surface area contributed by atoms with Crippen molar-refractivity contribution < 1.29 is 9.21 Å². The summed E-state index contributed by atoms with van der Waals surface area (Å²) in [6, 6.07) is 5.57. The second kappa shape index (κ2) is 4.28. The Balaban J connectivity index is 2.05. The Kier molecular flexibility index (Phi) is 2.59. The number of amides is 1. The van der Waals surface area contributed by atoms with E-state index in [0.29, 0.717) is 17.0 Å². The monoisotopic (exact) mass is 255 g/mol. The summed E-state index contributed by atoms with van der Waals surface area (Å²) in [7, 11) is 0. The quantitative estimate of drug-likeness (QED) is 0.807. The Morgan fingerprint density at radius 2 is 2.21 bits per heavy atom. The summed E-state index contributed by atoms with van der Waals surface area (Å²) < 4.78 is 5.30. The zero-order valence-electron chi connectivity index (χ0n) is 10.7. The van der Waals surface area contributed by atoms with Gasteiger partial charge in [-0.05, 0) is 43.7 Å². The van der Waals surface area contributed by atoms with Gasteiger partial charge < -0.3 is 9.40 Å². The van der Waals surface area contributed by atoms with Crippen LogP contribution < -0.4 is 5.43 Å². The molecule has 96 valence electrons. The highest BCUT2D eigenvalue weighted by atomic mass is 16.3. The maximum absolute atomic E-state index is 11.9. The first kappa shape index (κ1) is 11.5. The van der Waals surface area contributed by atoms with Crippen LogP contribution in [0.5, 0.6) is 0 Å². The molecule has 2 N–H and O–H groups in total. The average molecular weight is 255 g/mol. The molecule has 0 fully saturated rings. The van der Waals surface area contributed by atoms with E-state index in [1.54, 1.807) is 24.5 Å². The van der Waals surface area contributed by atoms with E-state index in [4.69, 9.17) is 4.42 Å². The maximum atomic E-state index is 11.9. The molecule has 0 saturated carbocycles. The van der Waals surface area contributed by atoms with Crippen molar-refractivity contribution in [2.24, 2.45) is 5.10 Å². The average Bonchev–Trinajstić information content (AvgIpc) is 3.04. The molecule has 2 aromatic rings. The van der Waals surface area contributed by atoms with E-state index >= 15 is 0 Å². The van der Waals surface area contributed by atoms with E-state index in [0.717, 1.165) is 17.0 Å². The van der Waals surface area contributed by atoms with Crippen molar-refractivity contribution in [2.75, 3.05) is 0 Å². The molecule has 1 amide bonds. The number of hydrogen-bond acceptors (Lipinski definition) is 3. The van der Waals surface area contributed by atoms with E-state index in [1.807, 2.05) is 19.9 Å². The summed E-state index contributed by atoms with van der Waals surface area (Å²) in [5, 5.41) is 4.01. The summed E-state index contributed by atoms with van der Waals surface area (Å²) in [4.78, 5) is 15.1. The van der Waals surface area contributed by atoms with Gasteiger partial charge in [0.25, 0.3) is 5.91 Å². The molecular formula is C14H13N3O2. The number of carbonyl (C=O) groups excluding carboxylic acids is 1. The van der Waals surface area contributed by atoms with Crippen molar-refractivity contribution in [1.82, 2.24) is 10.4 Å². The first-order valence-corrected chi connectivity index (χ1v) is 5.95. The summed E-state index contributed by atoms with van der Waals surface area (Å²) in [6.07, 6.45) is 3.36. The van der Waals surface area contributed by atoms with Crippen molar-refractivity contribution in [3.05, 3.63) is 52.7 Å². The summed E-state index contributed by atoms with van der Waals surface area (Å²) >= 11 is 0. The molecular weight excluding hydrogens is 242 g/mol. The number of carbonyl (C=O) groups is 1. The zero-order chi connectivity index (χ0) is 13.4. The number of aromatic amines is 1. The molecule has 0 radical (unpaired) electrons. The number of nitrogens with one attached hydrogen (secondary N) is 2. The minimum Gasteiger partial charge on any atom is -0.463 e. The Labute approximate surface area is 110 Å². The second-order valence-electron chi connectivity index (χ2n) is 4.49. The molecule has 5 heteroatoms. The van der Waals surface area contributed by atoms with Crippen LogP contribution in [0.15, 0.2) is 39.6 Å². The number of nitrogens with zero attached hydrogens (tertiary/aromatic N) is 1. The van der Waals surface area contributed by atoms with Crippen molar-refractivity contribution in [3.63, 3.8) is 0 Å². The molecule has 0 aromatic carbocycles. The molecule has 2 aromatic heterocycles. The number of aryl methyl sites for hydroxylation is 2. The van der Waals surface area contributed by atoms with Crippen LogP contribution in [0.2, 0.25) is 0 Å². The van der Waals surface area contributed by atoms with Crippen LogP contribution in [0.3, 0.4) is 0 Å². The van der Waals surface area contributed by atoms with Crippen LogP contribution in [-0.2, 0) is 4.79 Å². The van der Waals surface area contributed by atoms with Crippen LogP contribution in [0.1, 0.15) is 22.7 Å². The van der Waals surface area contributed by atoms with Gasteiger partial charge in [-0.3, -0.25) is 4.79 Å².